The Labute approximate surface area is 201 Å². The Morgan fingerprint density at radius 3 is 2.58 bits per heavy atom. The van der Waals surface area contributed by atoms with E-state index in [0.29, 0.717) is 40.3 Å². The Morgan fingerprint density at radius 2 is 1.91 bits per heavy atom. The van der Waals surface area contributed by atoms with Crippen molar-refractivity contribution in [2.45, 2.75) is 30.6 Å². The molecule has 1 aliphatic heterocycles. The number of carbonyl (C=O) groups is 2. The highest BCUT2D eigenvalue weighted by Gasteiger charge is 2.37. The fourth-order valence-corrected chi connectivity index (χ4v) is 6.32. The Morgan fingerprint density at radius 1 is 1.15 bits per heavy atom. The predicted molar refractivity (Wildman–Crippen MR) is 128 cm³/mol. The monoisotopic (exact) mass is 536 g/mol. The van der Waals surface area contributed by atoms with Gasteiger partial charge in [-0.3, -0.25) is 9.59 Å². The first-order valence-electron chi connectivity index (χ1n) is 10.6. The number of sulfone groups is 1. The fraction of sp³-hybridized carbons (Fsp3) is 0.391. The Bertz CT molecular complexity index is 1210. The van der Waals surface area contributed by atoms with Crippen LogP contribution in [0.25, 0.3) is 0 Å². The van der Waals surface area contributed by atoms with Crippen molar-refractivity contribution in [3.8, 4) is 11.5 Å². The second-order valence-electron chi connectivity index (χ2n) is 8.11. The molecular weight excluding hydrogens is 512 g/mol. The van der Waals surface area contributed by atoms with Gasteiger partial charge in [-0.25, -0.2) is 8.42 Å². The highest BCUT2D eigenvalue weighted by atomic mass is 79.9. The molecule has 0 radical (unpaired) electrons. The van der Waals surface area contributed by atoms with Crippen molar-refractivity contribution in [1.29, 1.82) is 0 Å². The standard InChI is InChI=1S/C23H25BrN2O6S/c1-31-16-5-6-20(32-2)18(12-16)25-22(27)8-10-33(29,30)21-13-19-15(11-17(21)24)7-9-26(19)23(28)14-3-4-14/h5-6,11-14H,3-4,7-10H2,1-2H3,(H,25,27). The SMILES string of the molecule is COc1ccc(OC)c(NC(=O)CCS(=O)(=O)c2cc3c(cc2Br)CCN3C(=O)C2CC2)c1. The third-order valence-corrected chi connectivity index (χ3v) is 8.50. The first kappa shape index (κ1) is 23.6. The molecule has 2 aromatic rings. The molecule has 1 N–H and O–H groups in total. The summed E-state index contributed by atoms with van der Waals surface area (Å²) in [4.78, 5) is 26.9. The number of carbonyl (C=O) groups excluding carboxylic acids is 2. The molecule has 0 bridgehead atoms. The number of hydrogen-bond acceptors (Lipinski definition) is 6. The third kappa shape index (κ3) is 5.01. The number of rotatable bonds is 8. The number of halogens is 1. The van der Waals surface area contributed by atoms with Gasteiger partial charge in [-0.1, -0.05) is 0 Å². The largest absolute Gasteiger partial charge is 0.497 e. The maximum atomic E-state index is 13.1. The van der Waals surface area contributed by atoms with Gasteiger partial charge in [0.05, 0.1) is 30.6 Å². The molecule has 1 aliphatic carbocycles. The van der Waals surface area contributed by atoms with Gasteiger partial charge in [-0.2, -0.15) is 0 Å². The minimum Gasteiger partial charge on any atom is -0.497 e. The molecule has 1 saturated carbocycles. The van der Waals surface area contributed by atoms with E-state index >= 15 is 0 Å². The van der Waals surface area contributed by atoms with Crippen molar-refractivity contribution < 1.29 is 27.5 Å². The molecule has 1 heterocycles. The minimum absolute atomic E-state index is 0.0527. The van der Waals surface area contributed by atoms with Crippen molar-refractivity contribution in [2.24, 2.45) is 5.92 Å². The van der Waals surface area contributed by atoms with E-state index in [1.807, 2.05) is 0 Å². The topological polar surface area (TPSA) is 102 Å². The summed E-state index contributed by atoms with van der Waals surface area (Å²) in [7, 11) is -0.799. The molecule has 0 aromatic heterocycles. The summed E-state index contributed by atoms with van der Waals surface area (Å²) in [6, 6.07) is 8.28. The van der Waals surface area contributed by atoms with Gasteiger partial charge < -0.3 is 19.7 Å². The van der Waals surface area contributed by atoms with Crippen LogP contribution in [0.2, 0.25) is 0 Å². The second kappa shape index (κ2) is 9.34. The number of nitrogens with zero attached hydrogens (tertiary/aromatic N) is 1. The maximum Gasteiger partial charge on any atom is 0.230 e. The summed E-state index contributed by atoms with van der Waals surface area (Å²) in [6.45, 7) is 0.561. The van der Waals surface area contributed by atoms with Crippen LogP contribution >= 0.6 is 15.9 Å². The number of benzene rings is 2. The molecular formula is C23H25BrN2O6S. The summed E-state index contributed by atoms with van der Waals surface area (Å²) in [5, 5.41) is 2.68. The van der Waals surface area contributed by atoms with Crippen LogP contribution in [0.1, 0.15) is 24.8 Å². The van der Waals surface area contributed by atoms with Crippen molar-refractivity contribution >= 4 is 49.0 Å². The van der Waals surface area contributed by atoms with Crippen LogP contribution in [0, 0.1) is 5.92 Å². The number of fused-ring (bicyclic) bond motifs is 1. The number of anilines is 2. The molecule has 2 aliphatic rings. The van der Waals surface area contributed by atoms with E-state index in [9.17, 15) is 18.0 Å². The number of amides is 2. The molecule has 2 aromatic carbocycles. The van der Waals surface area contributed by atoms with Gasteiger partial charge in [-0.15, -0.1) is 0 Å². The van der Waals surface area contributed by atoms with Crippen LogP contribution in [0.4, 0.5) is 11.4 Å². The number of hydrogen-bond donors (Lipinski definition) is 1. The molecule has 4 rings (SSSR count). The van der Waals surface area contributed by atoms with E-state index in [-0.39, 0.29) is 28.9 Å². The third-order valence-electron chi connectivity index (χ3n) is 5.83. The van der Waals surface area contributed by atoms with E-state index in [1.54, 1.807) is 35.2 Å². The number of methoxy groups -OCH3 is 2. The van der Waals surface area contributed by atoms with Gasteiger partial charge in [0.15, 0.2) is 9.84 Å². The molecule has 2 amide bonds. The van der Waals surface area contributed by atoms with Crippen LogP contribution in [-0.4, -0.2) is 46.7 Å². The number of ether oxygens (including phenoxy) is 2. The minimum atomic E-state index is -3.78. The lowest BCUT2D eigenvalue weighted by atomic mass is 10.2. The zero-order valence-corrected chi connectivity index (χ0v) is 20.8. The maximum absolute atomic E-state index is 13.1. The lowest BCUT2D eigenvalue weighted by Gasteiger charge is -2.18. The van der Waals surface area contributed by atoms with Crippen LogP contribution in [0.5, 0.6) is 11.5 Å². The van der Waals surface area contributed by atoms with Crippen LogP contribution in [-0.2, 0) is 25.8 Å². The molecule has 0 unspecified atom stereocenters. The molecule has 8 nitrogen and oxygen atoms in total. The summed E-state index contributed by atoms with van der Waals surface area (Å²) in [5.41, 5.74) is 1.99. The quantitative estimate of drug-likeness (QED) is 0.553. The molecule has 1 fully saturated rings. The molecule has 10 heteroatoms. The van der Waals surface area contributed by atoms with Gasteiger partial charge >= 0.3 is 0 Å². The van der Waals surface area contributed by atoms with Crippen molar-refractivity contribution in [2.75, 3.05) is 36.7 Å². The highest BCUT2D eigenvalue weighted by molar-refractivity contribution is 9.10. The predicted octanol–water partition coefficient (Wildman–Crippen LogP) is 3.57. The zero-order valence-electron chi connectivity index (χ0n) is 18.4. The van der Waals surface area contributed by atoms with Crippen molar-refractivity contribution in [3.63, 3.8) is 0 Å². The van der Waals surface area contributed by atoms with Gasteiger partial charge in [0, 0.05) is 35.1 Å². The fourth-order valence-electron chi connectivity index (χ4n) is 3.87. The Kier molecular flexibility index (Phi) is 6.67. The Hall–Kier alpha value is -2.59. The van der Waals surface area contributed by atoms with Crippen LogP contribution in [0.15, 0.2) is 39.7 Å². The average Bonchev–Trinajstić information content (AvgIpc) is 3.57. The van der Waals surface area contributed by atoms with Crippen molar-refractivity contribution in [3.05, 3.63) is 40.4 Å². The Balaban J connectivity index is 1.49. The first-order valence-corrected chi connectivity index (χ1v) is 13.1. The van der Waals surface area contributed by atoms with E-state index in [4.69, 9.17) is 9.47 Å². The lowest BCUT2D eigenvalue weighted by Crippen LogP contribution is -2.30. The summed E-state index contributed by atoms with van der Waals surface area (Å²) < 4.78 is 37.0. The van der Waals surface area contributed by atoms with Gasteiger partial charge in [0.25, 0.3) is 0 Å². The number of nitrogens with one attached hydrogen (secondary N) is 1. The normalized spacial score (nSPS) is 15.2. The zero-order chi connectivity index (χ0) is 23.8. The van der Waals surface area contributed by atoms with E-state index in [2.05, 4.69) is 21.2 Å². The van der Waals surface area contributed by atoms with Gasteiger partial charge in [-0.05, 0) is 65.0 Å². The lowest BCUT2D eigenvalue weighted by molar-refractivity contribution is -0.119. The smallest absolute Gasteiger partial charge is 0.230 e. The average molecular weight is 537 g/mol. The van der Waals surface area contributed by atoms with E-state index in [0.717, 1.165) is 18.4 Å². The summed E-state index contributed by atoms with van der Waals surface area (Å²) in [6.07, 6.45) is 2.23. The van der Waals surface area contributed by atoms with Gasteiger partial charge in [0.2, 0.25) is 11.8 Å². The van der Waals surface area contributed by atoms with Crippen LogP contribution in [0.3, 0.4) is 0 Å². The van der Waals surface area contributed by atoms with Gasteiger partial charge in [0.1, 0.15) is 11.5 Å². The molecule has 0 atom stereocenters. The summed E-state index contributed by atoms with van der Waals surface area (Å²) in [5.74, 6) is 0.245. The summed E-state index contributed by atoms with van der Waals surface area (Å²) >= 11 is 3.37. The molecule has 176 valence electrons. The van der Waals surface area contributed by atoms with Crippen molar-refractivity contribution in [1.82, 2.24) is 0 Å². The van der Waals surface area contributed by atoms with E-state index < -0.39 is 15.7 Å². The second-order valence-corrected chi connectivity index (χ2v) is 11.0. The molecule has 0 spiro atoms. The first-order chi connectivity index (χ1) is 15.7. The highest BCUT2D eigenvalue weighted by Crippen LogP contribution is 2.40. The van der Waals surface area contributed by atoms with E-state index in [1.165, 1.54) is 14.2 Å². The molecule has 33 heavy (non-hydrogen) atoms. The molecule has 0 saturated heterocycles. The van der Waals surface area contributed by atoms with Crippen LogP contribution < -0.4 is 19.7 Å².